The molecule has 1 aromatic heterocycles. The summed E-state index contributed by atoms with van der Waals surface area (Å²) in [5.41, 5.74) is -0.190. The number of hydrogen-bond donors (Lipinski definition) is 0. The van der Waals surface area contributed by atoms with Crippen molar-refractivity contribution < 1.29 is 0 Å². The van der Waals surface area contributed by atoms with Crippen LogP contribution < -0.4 is 5.69 Å². The Kier molecular flexibility index (Phi) is 1.84. The van der Waals surface area contributed by atoms with Gasteiger partial charge >= 0.3 is 5.69 Å². The van der Waals surface area contributed by atoms with Gasteiger partial charge in [0.2, 0.25) is 0 Å². The van der Waals surface area contributed by atoms with E-state index in [2.05, 4.69) is 10.4 Å². The third-order valence-corrected chi connectivity index (χ3v) is 1.21. The van der Waals surface area contributed by atoms with E-state index in [1.165, 1.54) is 9.36 Å². The summed E-state index contributed by atoms with van der Waals surface area (Å²) in [7, 11) is 0. The van der Waals surface area contributed by atoms with Crippen molar-refractivity contribution in [1.82, 2.24) is 19.8 Å². The largest absolute Gasteiger partial charge is 0.363 e. The summed E-state index contributed by atoms with van der Waals surface area (Å²) < 4.78 is 2.49. The highest BCUT2D eigenvalue weighted by Crippen LogP contribution is 1.74. The number of hydrogen-bond acceptors (Lipinski definition) is 3. The molecule has 0 aliphatic rings. The summed E-state index contributed by atoms with van der Waals surface area (Å²) in [5, 5.41) is 7.16. The standard InChI is InChI=1S/C5H9N4O/c1-3-8-5(10)9(4-2)7-6-8/h3H,4H2,1-2H3. The van der Waals surface area contributed by atoms with Gasteiger partial charge in [-0.2, -0.15) is 9.36 Å². The molecule has 0 saturated carbocycles. The molecule has 0 unspecified atom stereocenters. The first-order chi connectivity index (χ1) is 4.79. The first-order valence-electron chi connectivity index (χ1n) is 3.11. The Balaban J connectivity index is 3.09. The maximum Gasteiger partial charge on any atom is 0.363 e. The fraction of sp³-hybridized carbons (Fsp3) is 0.600. The van der Waals surface area contributed by atoms with E-state index < -0.39 is 0 Å². The van der Waals surface area contributed by atoms with Gasteiger partial charge in [0.25, 0.3) is 0 Å². The highest BCUT2D eigenvalue weighted by molar-refractivity contribution is 4.64. The number of aromatic nitrogens is 4. The van der Waals surface area contributed by atoms with Crippen LogP contribution in [0.5, 0.6) is 0 Å². The van der Waals surface area contributed by atoms with Crippen molar-refractivity contribution in [1.29, 1.82) is 0 Å². The van der Waals surface area contributed by atoms with E-state index in [-0.39, 0.29) is 5.69 Å². The van der Waals surface area contributed by atoms with Crippen LogP contribution in [-0.2, 0) is 6.54 Å². The van der Waals surface area contributed by atoms with E-state index in [1.807, 2.05) is 6.92 Å². The molecule has 0 aliphatic heterocycles. The quantitative estimate of drug-likeness (QED) is 0.557. The smallest absolute Gasteiger partial charge is 0.244 e. The third kappa shape index (κ3) is 0.940. The molecule has 5 nitrogen and oxygen atoms in total. The molecule has 55 valence electrons. The van der Waals surface area contributed by atoms with Crippen LogP contribution in [0.15, 0.2) is 4.79 Å². The maximum atomic E-state index is 11.0. The van der Waals surface area contributed by atoms with Gasteiger partial charge < -0.3 is 0 Å². The van der Waals surface area contributed by atoms with E-state index in [4.69, 9.17) is 0 Å². The van der Waals surface area contributed by atoms with E-state index in [1.54, 1.807) is 13.5 Å². The van der Waals surface area contributed by atoms with Crippen molar-refractivity contribution in [2.75, 3.05) is 0 Å². The van der Waals surface area contributed by atoms with Crippen LogP contribution in [0.3, 0.4) is 0 Å². The number of tetrazole rings is 1. The van der Waals surface area contributed by atoms with Gasteiger partial charge in [0, 0.05) is 6.54 Å². The van der Waals surface area contributed by atoms with Gasteiger partial charge in [-0.1, -0.05) is 0 Å². The van der Waals surface area contributed by atoms with Crippen molar-refractivity contribution in [3.63, 3.8) is 0 Å². The number of nitrogens with zero attached hydrogens (tertiary/aromatic N) is 4. The molecule has 0 spiro atoms. The summed E-state index contributed by atoms with van der Waals surface area (Å²) in [6.07, 6.45) is 0. The summed E-state index contributed by atoms with van der Waals surface area (Å²) in [5.74, 6) is 0. The van der Waals surface area contributed by atoms with E-state index in [0.717, 1.165) is 0 Å². The lowest BCUT2D eigenvalue weighted by Gasteiger charge is -1.86. The summed E-state index contributed by atoms with van der Waals surface area (Å²) in [4.78, 5) is 11.0. The molecule has 1 radical (unpaired) electrons. The lowest BCUT2D eigenvalue weighted by Crippen LogP contribution is -2.23. The summed E-state index contributed by atoms with van der Waals surface area (Å²) >= 11 is 0. The minimum absolute atomic E-state index is 0.190. The van der Waals surface area contributed by atoms with Crippen molar-refractivity contribution in [3.8, 4) is 0 Å². The molecule has 0 aromatic carbocycles. The van der Waals surface area contributed by atoms with Crippen LogP contribution in [0, 0.1) is 6.54 Å². The Labute approximate surface area is 58.2 Å². The first-order valence-corrected chi connectivity index (χ1v) is 3.11. The van der Waals surface area contributed by atoms with Crippen LogP contribution in [0.25, 0.3) is 0 Å². The molecular formula is C5H9N4O. The van der Waals surface area contributed by atoms with Crippen LogP contribution in [0.1, 0.15) is 13.8 Å². The second kappa shape index (κ2) is 2.64. The number of aryl methyl sites for hydroxylation is 1. The second-order valence-electron chi connectivity index (χ2n) is 1.78. The zero-order valence-electron chi connectivity index (χ0n) is 5.98. The van der Waals surface area contributed by atoms with E-state index in [0.29, 0.717) is 6.54 Å². The predicted octanol–water partition coefficient (Wildman–Crippen LogP) is -0.511. The maximum absolute atomic E-state index is 11.0. The minimum atomic E-state index is -0.190. The minimum Gasteiger partial charge on any atom is -0.244 e. The molecule has 1 heterocycles. The van der Waals surface area contributed by atoms with Gasteiger partial charge in [0.15, 0.2) is 0 Å². The van der Waals surface area contributed by atoms with Gasteiger partial charge in [0.05, 0.1) is 6.54 Å². The Morgan fingerprint density at radius 2 is 2.30 bits per heavy atom. The van der Waals surface area contributed by atoms with Gasteiger partial charge in [-0.25, -0.2) is 4.79 Å². The van der Waals surface area contributed by atoms with Crippen molar-refractivity contribution in [2.45, 2.75) is 20.4 Å². The first kappa shape index (κ1) is 6.98. The van der Waals surface area contributed by atoms with Gasteiger partial charge in [-0.3, -0.25) is 0 Å². The van der Waals surface area contributed by atoms with Gasteiger partial charge in [-0.15, -0.1) is 0 Å². The molecule has 0 aliphatic carbocycles. The fourth-order valence-corrected chi connectivity index (χ4v) is 0.647. The normalized spacial score (nSPS) is 10.2. The molecule has 10 heavy (non-hydrogen) atoms. The summed E-state index contributed by atoms with van der Waals surface area (Å²) in [6.45, 7) is 5.71. The Bertz CT molecular complexity index is 236. The van der Waals surface area contributed by atoms with Crippen LogP contribution in [-0.4, -0.2) is 19.8 Å². The number of rotatable bonds is 2. The van der Waals surface area contributed by atoms with E-state index in [9.17, 15) is 4.79 Å². The summed E-state index contributed by atoms with van der Waals surface area (Å²) in [6, 6.07) is 0. The second-order valence-corrected chi connectivity index (χ2v) is 1.78. The zero-order valence-corrected chi connectivity index (χ0v) is 5.98. The molecule has 0 atom stereocenters. The van der Waals surface area contributed by atoms with E-state index >= 15 is 0 Å². The highest BCUT2D eigenvalue weighted by Gasteiger charge is 2.00. The zero-order chi connectivity index (χ0) is 7.56. The fourth-order valence-electron chi connectivity index (χ4n) is 0.647. The molecular weight excluding hydrogens is 132 g/mol. The lowest BCUT2D eigenvalue weighted by atomic mass is 10.7. The lowest BCUT2D eigenvalue weighted by molar-refractivity contribution is 0.609. The molecule has 5 heteroatoms. The predicted molar refractivity (Wildman–Crippen MR) is 35.3 cm³/mol. The molecule has 0 N–H and O–H groups in total. The molecule has 0 fully saturated rings. The average Bonchev–Trinajstić information content (AvgIpc) is 2.30. The third-order valence-electron chi connectivity index (χ3n) is 1.21. The van der Waals surface area contributed by atoms with Crippen LogP contribution in [0.2, 0.25) is 0 Å². The SMILES string of the molecule is C[CH]n1nnn(CC)c1=O. The van der Waals surface area contributed by atoms with Crippen molar-refractivity contribution in [3.05, 3.63) is 17.0 Å². The van der Waals surface area contributed by atoms with Crippen LogP contribution in [0.4, 0.5) is 0 Å². The van der Waals surface area contributed by atoms with Crippen LogP contribution >= 0.6 is 0 Å². The molecule has 0 amide bonds. The highest BCUT2D eigenvalue weighted by atomic mass is 16.2. The molecule has 0 bridgehead atoms. The average molecular weight is 141 g/mol. The molecule has 1 aromatic rings. The Hall–Kier alpha value is -1.13. The van der Waals surface area contributed by atoms with Gasteiger partial charge in [-0.05, 0) is 24.3 Å². The van der Waals surface area contributed by atoms with Gasteiger partial charge in [0.1, 0.15) is 0 Å². The molecule has 0 saturated heterocycles. The van der Waals surface area contributed by atoms with Crippen molar-refractivity contribution in [2.24, 2.45) is 0 Å². The topological polar surface area (TPSA) is 52.7 Å². The Morgan fingerprint density at radius 1 is 1.60 bits per heavy atom. The van der Waals surface area contributed by atoms with Crippen molar-refractivity contribution >= 4 is 0 Å². The monoisotopic (exact) mass is 141 g/mol. The molecule has 1 rings (SSSR count). The Morgan fingerprint density at radius 3 is 2.60 bits per heavy atom.